The van der Waals surface area contributed by atoms with E-state index in [1.807, 2.05) is 60.7 Å². The number of benzene rings is 3. The number of carbonyl (C=O) groups is 2. The van der Waals surface area contributed by atoms with Crippen LogP contribution in [0.3, 0.4) is 0 Å². The number of hydrazine groups is 1. The normalized spacial score (nSPS) is 14.4. The summed E-state index contributed by atoms with van der Waals surface area (Å²) in [6.45, 7) is 1.19. The first kappa shape index (κ1) is 24.6. The second-order valence-electron chi connectivity index (χ2n) is 8.12. The van der Waals surface area contributed by atoms with Crippen molar-refractivity contribution in [2.45, 2.75) is 17.2 Å². The van der Waals surface area contributed by atoms with Crippen molar-refractivity contribution in [2.75, 3.05) is 26.3 Å². The van der Waals surface area contributed by atoms with Gasteiger partial charge in [-0.05, 0) is 29.3 Å². The van der Waals surface area contributed by atoms with Gasteiger partial charge in [-0.15, -0.1) is 0 Å². The van der Waals surface area contributed by atoms with Crippen molar-refractivity contribution in [1.29, 1.82) is 0 Å². The molecule has 8 nitrogen and oxygen atoms in total. The molecule has 0 aromatic heterocycles. The molecule has 0 atom stereocenters. The van der Waals surface area contributed by atoms with E-state index in [4.69, 9.17) is 4.74 Å². The molecule has 1 fully saturated rings. The summed E-state index contributed by atoms with van der Waals surface area (Å²) in [6.07, 6.45) is 0.125. The standard InChI is InChI=1S/C26H27N3O5S/c30-25(19-24(20-8-3-1-4-9-20)21-10-5-2-6-11-21)27-28-26(31)22-12-7-13-23(18-22)35(32,33)29-14-16-34-17-15-29/h1-13,18,24H,14-17,19H2,(H,27,30)(H,28,31). The van der Waals surface area contributed by atoms with Crippen LogP contribution in [-0.2, 0) is 19.6 Å². The summed E-state index contributed by atoms with van der Waals surface area (Å²) < 4.78 is 32.3. The lowest BCUT2D eigenvalue weighted by Crippen LogP contribution is -2.42. The number of nitrogens with one attached hydrogen (secondary N) is 2. The average molecular weight is 494 g/mol. The number of morpholine rings is 1. The monoisotopic (exact) mass is 493 g/mol. The smallest absolute Gasteiger partial charge is 0.269 e. The third kappa shape index (κ3) is 6.13. The largest absolute Gasteiger partial charge is 0.379 e. The highest BCUT2D eigenvalue weighted by molar-refractivity contribution is 7.89. The van der Waals surface area contributed by atoms with Gasteiger partial charge in [0.15, 0.2) is 0 Å². The number of carbonyl (C=O) groups excluding carboxylic acids is 2. The molecule has 1 aliphatic heterocycles. The number of hydrogen-bond acceptors (Lipinski definition) is 5. The van der Waals surface area contributed by atoms with Crippen LogP contribution in [0, 0.1) is 0 Å². The summed E-state index contributed by atoms with van der Waals surface area (Å²) in [7, 11) is -3.74. The Morgan fingerprint density at radius 1 is 0.829 bits per heavy atom. The summed E-state index contributed by atoms with van der Waals surface area (Å²) in [5, 5.41) is 0. The Hall–Kier alpha value is -3.53. The lowest BCUT2D eigenvalue weighted by Gasteiger charge is -2.26. The zero-order valence-corrected chi connectivity index (χ0v) is 19.9. The maximum absolute atomic E-state index is 12.9. The van der Waals surface area contributed by atoms with E-state index in [1.165, 1.54) is 28.6 Å². The SMILES string of the molecule is O=C(CC(c1ccccc1)c1ccccc1)NNC(=O)c1cccc(S(=O)(=O)N2CCOCC2)c1. The van der Waals surface area contributed by atoms with Crippen LogP contribution in [0.2, 0.25) is 0 Å². The van der Waals surface area contributed by atoms with Crippen molar-refractivity contribution in [3.8, 4) is 0 Å². The highest BCUT2D eigenvalue weighted by Gasteiger charge is 2.27. The van der Waals surface area contributed by atoms with Crippen LogP contribution in [0.5, 0.6) is 0 Å². The molecular weight excluding hydrogens is 466 g/mol. The highest BCUT2D eigenvalue weighted by atomic mass is 32.2. The van der Waals surface area contributed by atoms with E-state index in [0.717, 1.165) is 11.1 Å². The molecule has 0 unspecified atom stereocenters. The van der Waals surface area contributed by atoms with Gasteiger partial charge in [0.05, 0.1) is 18.1 Å². The molecule has 1 saturated heterocycles. The Morgan fingerprint density at radius 2 is 1.43 bits per heavy atom. The third-order valence-electron chi connectivity index (χ3n) is 5.81. The zero-order chi connectivity index (χ0) is 24.7. The second-order valence-corrected chi connectivity index (χ2v) is 10.1. The van der Waals surface area contributed by atoms with Gasteiger partial charge in [0.2, 0.25) is 15.9 Å². The summed E-state index contributed by atoms with van der Waals surface area (Å²) in [5.74, 6) is -1.15. The number of rotatable bonds is 7. The first-order valence-electron chi connectivity index (χ1n) is 11.3. The Labute approximate surface area is 204 Å². The molecule has 1 heterocycles. The van der Waals surface area contributed by atoms with Crippen molar-refractivity contribution < 1.29 is 22.7 Å². The maximum Gasteiger partial charge on any atom is 0.269 e. The minimum atomic E-state index is -3.74. The van der Waals surface area contributed by atoms with Gasteiger partial charge in [-0.1, -0.05) is 66.7 Å². The van der Waals surface area contributed by atoms with E-state index < -0.39 is 15.9 Å². The predicted molar refractivity (Wildman–Crippen MR) is 131 cm³/mol. The molecule has 3 aromatic rings. The fourth-order valence-corrected chi connectivity index (χ4v) is 5.42. The Kier molecular flexibility index (Phi) is 7.91. The molecule has 2 N–H and O–H groups in total. The number of sulfonamides is 1. The van der Waals surface area contributed by atoms with Crippen LogP contribution in [-0.4, -0.2) is 50.8 Å². The lowest BCUT2D eigenvalue weighted by molar-refractivity contribution is -0.122. The molecular formula is C26H27N3O5S. The third-order valence-corrected chi connectivity index (χ3v) is 7.71. The van der Waals surface area contributed by atoms with Crippen LogP contribution < -0.4 is 10.9 Å². The number of nitrogens with zero attached hydrogens (tertiary/aromatic N) is 1. The Balaban J connectivity index is 1.42. The highest BCUT2D eigenvalue weighted by Crippen LogP contribution is 2.27. The van der Waals surface area contributed by atoms with Gasteiger partial charge in [0.25, 0.3) is 5.91 Å². The number of amides is 2. The summed E-state index contributed by atoms with van der Waals surface area (Å²) in [4.78, 5) is 25.4. The quantitative estimate of drug-likeness (QED) is 0.493. The number of hydrogen-bond donors (Lipinski definition) is 2. The van der Waals surface area contributed by atoms with E-state index in [0.29, 0.717) is 13.2 Å². The lowest BCUT2D eigenvalue weighted by atomic mass is 9.88. The van der Waals surface area contributed by atoms with E-state index in [1.54, 1.807) is 0 Å². The fourth-order valence-electron chi connectivity index (χ4n) is 3.97. The molecule has 1 aliphatic rings. The first-order valence-corrected chi connectivity index (χ1v) is 12.8. The van der Waals surface area contributed by atoms with E-state index in [2.05, 4.69) is 10.9 Å². The van der Waals surface area contributed by atoms with Gasteiger partial charge < -0.3 is 4.74 Å². The first-order chi connectivity index (χ1) is 16.9. The van der Waals surface area contributed by atoms with Crippen LogP contribution >= 0.6 is 0 Å². The fraction of sp³-hybridized carbons (Fsp3) is 0.231. The molecule has 182 valence electrons. The van der Waals surface area contributed by atoms with Crippen LogP contribution in [0.15, 0.2) is 89.8 Å². The molecule has 35 heavy (non-hydrogen) atoms. The van der Waals surface area contributed by atoms with Gasteiger partial charge in [-0.3, -0.25) is 20.4 Å². The second kappa shape index (κ2) is 11.3. The van der Waals surface area contributed by atoms with E-state index in [-0.39, 0.29) is 41.8 Å². The van der Waals surface area contributed by atoms with Crippen molar-refractivity contribution in [3.05, 3.63) is 102 Å². The maximum atomic E-state index is 12.9. The van der Waals surface area contributed by atoms with Gasteiger partial charge in [0, 0.05) is 31.0 Å². The van der Waals surface area contributed by atoms with Crippen molar-refractivity contribution in [2.24, 2.45) is 0 Å². The molecule has 2 amide bonds. The van der Waals surface area contributed by atoms with Gasteiger partial charge >= 0.3 is 0 Å². The van der Waals surface area contributed by atoms with Crippen molar-refractivity contribution >= 4 is 21.8 Å². The molecule has 0 aliphatic carbocycles. The summed E-state index contributed by atoms with van der Waals surface area (Å²) in [5.41, 5.74) is 6.96. The van der Waals surface area contributed by atoms with E-state index >= 15 is 0 Å². The van der Waals surface area contributed by atoms with Crippen molar-refractivity contribution in [1.82, 2.24) is 15.2 Å². The van der Waals surface area contributed by atoms with Crippen LogP contribution in [0.1, 0.15) is 33.8 Å². The Bertz CT molecular complexity index is 1220. The molecule has 3 aromatic carbocycles. The van der Waals surface area contributed by atoms with Crippen molar-refractivity contribution in [3.63, 3.8) is 0 Å². The van der Waals surface area contributed by atoms with Crippen LogP contribution in [0.25, 0.3) is 0 Å². The molecule has 9 heteroatoms. The van der Waals surface area contributed by atoms with Gasteiger partial charge in [0.1, 0.15) is 0 Å². The van der Waals surface area contributed by atoms with Crippen LogP contribution in [0.4, 0.5) is 0 Å². The minimum absolute atomic E-state index is 0.0200. The average Bonchev–Trinajstić information content (AvgIpc) is 2.92. The molecule has 0 saturated carbocycles. The van der Waals surface area contributed by atoms with Gasteiger partial charge in [-0.25, -0.2) is 8.42 Å². The summed E-state index contributed by atoms with van der Waals surface area (Å²) >= 11 is 0. The molecule has 0 radical (unpaired) electrons. The zero-order valence-electron chi connectivity index (χ0n) is 19.1. The predicted octanol–water partition coefficient (Wildman–Crippen LogP) is 2.69. The molecule has 0 spiro atoms. The van der Waals surface area contributed by atoms with Gasteiger partial charge in [-0.2, -0.15) is 4.31 Å². The summed E-state index contributed by atoms with van der Waals surface area (Å²) in [6, 6.07) is 25.1. The number of ether oxygens (including phenoxy) is 1. The van der Waals surface area contributed by atoms with E-state index in [9.17, 15) is 18.0 Å². The Morgan fingerprint density at radius 3 is 2.03 bits per heavy atom. The molecule has 0 bridgehead atoms. The topological polar surface area (TPSA) is 105 Å². The molecule has 4 rings (SSSR count). The minimum Gasteiger partial charge on any atom is -0.379 e.